The second kappa shape index (κ2) is 5.18. The van der Waals surface area contributed by atoms with E-state index in [4.69, 9.17) is 0 Å². The van der Waals surface area contributed by atoms with Crippen molar-refractivity contribution in [2.24, 2.45) is 0 Å². The third kappa shape index (κ3) is 3.06. The summed E-state index contributed by atoms with van der Waals surface area (Å²) in [4.78, 5) is 0. The average Bonchev–Trinajstić information content (AvgIpc) is 2.76. The van der Waals surface area contributed by atoms with Crippen LogP contribution < -0.4 is 5.32 Å². The van der Waals surface area contributed by atoms with Crippen LogP contribution in [0, 0.1) is 0 Å². The molecule has 94 valence electrons. The van der Waals surface area contributed by atoms with E-state index in [-0.39, 0.29) is 0 Å². The summed E-state index contributed by atoms with van der Waals surface area (Å²) < 4.78 is 14.3. The minimum absolute atomic E-state index is 0.356. The Balaban J connectivity index is 2.03. The van der Waals surface area contributed by atoms with Gasteiger partial charge in [-0.15, -0.1) is 0 Å². The van der Waals surface area contributed by atoms with Crippen molar-refractivity contribution in [3.63, 3.8) is 0 Å². The van der Waals surface area contributed by atoms with Crippen LogP contribution in [0.1, 0.15) is 49.8 Å². The largest absolute Gasteiger partial charge is 0.313 e. The highest BCUT2D eigenvalue weighted by atomic mass is 19.1. The van der Waals surface area contributed by atoms with Crippen molar-refractivity contribution >= 4 is 0 Å². The summed E-state index contributed by atoms with van der Waals surface area (Å²) >= 11 is 0. The molecule has 1 aromatic rings. The van der Waals surface area contributed by atoms with Crippen molar-refractivity contribution < 1.29 is 4.39 Å². The highest BCUT2D eigenvalue weighted by Crippen LogP contribution is 2.36. The molecular weight excluding hydrogens is 213 g/mol. The van der Waals surface area contributed by atoms with Gasteiger partial charge in [0.15, 0.2) is 0 Å². The summed E-state index contributed by atoms with van der Waals surface area (Å²) in [5.41, 5.74) is 1.45. The predicted molar refractivity (Wildman–Crippen MR) is 69.9 cm³/mol. The van der Waals surface area contributed by atoms with E-state index in [2.05, 4.69) is 36.5 Å². The van der Waals surface area contributed by atoms with Crippen molar-refractivity contribution in [2.75, 3.05) is 7.05 Å². The third-order valence-electron chi connectivity index (χ3n) is 3.93. The lowest BCUT2D eigenvalue weighted by Gasteiger charge is -2.19. The lowest BCUT2D eigenvalue weighted by Crippen LogP contribution is -2.21. The van der Waals surface area contributed by atoms with E-state index in [1.165, 1.54) is 5.56 Å². The number of hydrogen-bond donors (Lipinski definition) is 1. The van der Waals surface area contributed by atoms with Crippen LogP contribution in [0.15, 0.2) is 24.3 Å². The van der Waals surface area contributed by atoms with Gasteiger partial charge in [0.2, 0.25) is 0 Å². The normalized spacial score (nSPS) is 20.4. The van der Waals surface area contributed by atoms with Crippen molar-refractivity contribution in [1.29, 1.82) is 0 Å². The van der Waals surface area contributed by atoms with Crippen LogP contribution in [0.2, 0.25) is 0 Å². The fourth-order valence-electron chi connectivity index (χ4n) is 2.64. The number of alkyl halides is 1. The van der Waals surface area contributed by atoms with Gasteiger partial charge >= 0.3 is 0 Å². The van der Waals surface area contributed by atoms with Gasteiger partial charge in [-0.3, -0.25) is 0 Å². The molecule has 1 saturated carbocycles. The van der Waals surface area contributed by atoms with Crippen LogP contribution in [0.25, 0.3) is 0 Å². The smallest absolute Gasteiger partial charge is 0.115 e. The van der Waals surface area contributed by atoms with Crippen LogP contribution >= 0.6 is 0 Å². The average molecular weight is 235 g/mol. The van der Waals surface area contributed by atoms with Crippen molar-refractivity contribution in [3.8, 4) is 0 Å². The van der Waals surface area contributed by atoms with E-state index in [0.717, 1.165) is 31.2 Å². The first-order chi connectivity index (χ1) is 8.13. The van der Waals surface area contributed by atoms with Gasteiger partial charge in [0.25, 0.3) is 0 Å². The molecule has 0 aromatic heterocycles. The molecule has 2 heteroatoms. The summed E-state index contributed by atoms with van der Waals surface area (Å²) in [5.74, 6) is 0. The first kappa shape index (κ1) is 12.6. The molecule has 2 rings (SSSR count). The standard InChI is InChI=1S/C15H22FN/c1-12(17-2)14-7-5-13(6-8-14)11-15(16)9-3-4-10-15/h5-8,12,17H,3-4,9-11H2,1-2H3. The van der Waals surface area contributed by atoms with Gasteiger partial charge in [-0.05, 0) is 37.9 Å². The molecule has 0 saturated heterocycles. The molecule has 0 aliphatic heterocycles. The second-order valence-corrected chi connectivity index (χ2v) is 5.29. The van der Waals surface area contributed by atoms with Crippen molar-refractivity contribution in [3.05, 3.63) is 35.4 Å². The number of rotatable bonds is 4. The predicted octanol–water partition coefficient (Wildman–Crippen LogP) is 3.79. The Kier molecular flexibility index (Phi) is 3.82. The summed E-state index contributed by atoms with van der Waals surface area (Å²) in [5, 5.41) is 3.21. The van der Waals surface area contributed by atoms with Gasteiger partial charge in [0.05, 0.1) is 0 Å². The zero-order valence-electron chi connectivity index (χ0n) is 10.8. The SMILES string of the molecule is CNC(C)c1ccc(CC2(F)CCCC2)cc1. The lowest BCUT2D eigenvalue weighted by atomic mass is 9.94. The molecule has 1 N–H and O–H groups in total. The zero-order chi connectivity index (χ0) is 12.3. The summed E-state index contributed by atoms with van der Waals surface area (Å²) in [6.07, 6.45) is 4.15. The van der Waals surface area contributed by atoms with Gasteiger partial charge in [0, 0.05) is 12.5 Å². The van der Waals surface area contributed by atoms with E-state index in [1.807, 2.05) is 7.05 Å². The minimum atomic E-state index is -0.934. The molecule has 0 bridgehead atoms. The first-order valence-corrected chi connectivity index (χ1v) is 6.58. The maximum atomic E-state index is 14.3. The van der Waals surface area contributed by atoms with Crippen LogP contribution in [0.3, 0.4) is 0 Å². The molecular formula is C15H22FN. The first-order valence-electron chi connectivity index (χ1n) is 6.58. The molecule has 1 fully saturated rings. The Hall–Kier alpha value is -0.890. The van der Waals surface area contributed by atoms with Gasteiger partial charge in [-0.1, -0.05) is 37.1 Å². The molecule has 1 aliphatic rings. The second-order valence-electron chi connectivity index (χ2n) is 5.29. The zero-order valence-corrected chi connectivity index (χ0v) is 10.8. The summed E-state index contributed by atoms with van der Waals surface area (Å²) in [7, 11) is 1.95. The van der Waals surface area contributed by atoms with E-state index in [9.17, 15) is 4.39 Å². The van der Waals surface area contributed by atoms with Crippen LogP contribution in [-0.2, 0) is 6.42 Å². The molecule has 1 atom stereocenters. The van der Waals surface area contributed by atoms with E-state index >= 15 is 0 Å². The Labute approximate surface area is 103 Å². The van der Waals surface area contributed by atoms with Crippen LogP contribution in [-0.4, -0.2) is 12.7 Å². The summed E-state index contributed by atoms with van der Waals surface area (Å²) in [6, 6.07) is 8.71. The monoisotopic (exact) mass is 235 g/mol. The van der Waals surface area contributed by atoms with Gasteiger partial charge in [0.1, 0.15) is 5.67 Å². The number of benzene rings is 1. The maximum absolute atomic E-state index is 14.3. The van der Waals surface area contributed by atoms with Crippen LogP contribution in [0.4, 0.5) is 4.39 Å². The molecule has 1 aliphatic carbocycles. The molecule has 0 heterocycles. The molecule has 1 unspecified atom stereocenters. The number of nitrogens with one attached hydrogen (secondary N) is 1. The quantitative estimate of drug-likeness (QED) is 0.837. The molecule has 17 heavy (non-hydrogen) atoms. The Bertz CT molecular complexity index is 352. The van der Waals surface area contributed by atoms with E-state index in [1.54, 1.807) is 0 Å². The van der Waals surface area contributed by atoms with Crippen molar-refractivity contribution in [2.45, 2.75) is 50.7 Å². The highest BCUT2D eigenvalue weighted by molar-refractivity contribution is 5.26. The van der Waals surface area contributed by atoms with Gasteiger partial charge in [-0.25, -0.2) is 4.39 Å². The topological polar surface area (TPSA) is 12.0 Å². The number of halogens is 1. The summed E-state index contributed by atoms with van der Waals surface area (Å²) in [6.45, 7) is 2.13. The Morgan fingerprint density at radius 1 is 1.24 bits per heavy atom. The van der Waals surface area contributed by atoms with Crippen LogP contribution in [0.5, 0.6) is 0 Å². The lowest BCUT2D eigenvalue weighted by molar-refractivity contribution is 0.173. The minimum Gasteiger partial charge on any atom is -0.313 e. The molecule has 1 nitrogen and oxygen atoms in total. The van der Waals surface area contributed by atoms with E-state index in [0.29, 0.717) is 12.5 Å². The molecule has 0 amide bonds. The highest BCUT2D eigenvalue weighted by Gasteiger charge is 2.33. The molecule has 0 spiro atoms. The van der Waals surface area contributed by atoms with Gasteiger partial charge < -0.3 is 5.32 Å². The third-order valence-corrected chi connectivity index (χ3v) is 3.93. The van der Waals surface area contributed by atoms with Crippen molar-refractivity contribution in [1.82, 2.24) is 5.32 Å². The Morgan fingerprint density at radius 3 is 2.35 bits per heavy atom. The number of hydrogen-bond acceptors (Lipinski definition) is 1. The molecule has 0 radical (unpaired) electrons. The van der Waals surface area contributed by atoms with E-state index < -0.39 is 5.67 Å². The maximum Gasteiger partial charge on any atom is 0.115 e. The molecule has 1 aromatic carbocycles. The Morgan fingerprint density at radius 2 is 1.82 bits per heavy atom. The fraction of sp³-hybridized carbons (Fsp3) is 0.600. The fourth-order valence-corrected chi connectivity index (χ4v) is 2.64. The van der Waals surface area contributed by atoms with Gasteiger partial charge in [-0.2, -0.15) is 0 Å².